The first-order chi connectivity index (χ1) is 14.8. The first kappa shape index (κ1) is 25.2. The van der Waals surface area contributed by atoms with Gasteiger partial charge in [0.2, 0.25) is 5.60 Å². The van der Waals surface area contributed by atoms with E-state index in [4.69, 9.17) is 19.0 Å². The summed E-state index contributed by atoms with van der Waals surface area (Å²) in [6.45, 7) is 5.87. The molecule has 1 aromatic rings. The Balaban J connectivity index is 2.51. The van der Waals surface area contributed by atoms with Crippen molar-refractivity contribution < 1.29 is 28.9 Å². The number of rotatable bonds is 13. The maximum absolute atomic E-state index is 12.5. The van der Waals surface area contributed by atoms with Crippen molar-refractivity contribution in [3.05, 3.63) is 32.6 Å². The molecule has 0 aromatic carbocycles. The number of unbranched alkanes of at least 4 members (excludes halogenated alkanes) is 2. The average molecular weight is 443 g/mol. The van der Waals surface area contributed by atoms with Crippen molar-refractivity contribution >= 4 is 5.97 Å². The van der Waals surface area contributed by atoms with E-state index in [1.807, 2.05) is 13.8 Å². The topological polar surface area (TPSA) is 141 Å². The third-order valence-electron chi connectivity index (χ3n) is 5.16. The van der Waals surface area contributed by atoms with Crippen LogP contribution in [0.3, 0.4) is 0 Å². The number of nitrogens with one attached hydrogen (secondary N) is 2. The Hall–Kier alpha value is -2.05. The van der Waals surface area contributed by atoms with Gasteiger partial charge in [-0.2, -0.15) is 0 Å². The summed E-state index contributed by atoms with van der Waals surface area (Å²) in [6, 6.07) is 0. The second kappa shape index (κ2) is 11.5. The lowest BCUT2D eigenvalue weighted by Gasteiger charge is -2.30. The third kappa shape index (κ3) is 5.60. The molecule has 1 aliphatic heterocycles. The standard InChI is InChI=1S/C20H33N3O8/c1-5-7-9-28-12-20(18(25)26)15(29-10-8-6-2)14(31-21-4)17(30-20)23-11-13(3)16(24)22-19(23)27/h11,14-15,17,21H,5-10,12H2,1-4H3,(H,25,26)(H,22,24,27)/t14-,15?,17+,20+/m0/s1. The monoisotopic (exact) mass is 443 g/mol. The average Bonchev–Trinajstić information content (AvgIpc) is 3.03. The van der Waals surface area contributed by atoms with Crippen LogP contribution in [0.15, 0.2) is 15.8 Å². The number of hydroxylamine groups is 1. The zero-order chi connectivity index (χ0) is 23.0. The summed E-state index contributed by atoms with van der Waals surface area (Å²) >= 11 is 0. The highest BCUT2D eigenvalue weighted by Crippen LogP contribution is 2.41. The van der Waals surface area contributed by atoms with Crippen LogP contribution in [-0.2, 0) is 23.8 Å². The number of carbonyl (C=O) groups is 1. The number of hydrogen-bond donors (Lipinski definition) is 3. The Morgan fingerprint density at radius 3 is 2.58 bits per heavy atom. The molecule has 4 atom stereocenters. The van der Waals surface area contributed by atoms with Crippen LogP contribution in [0.5, 0.6) is 0 Å². The Kier molecular flexibility index (Phi) is 9.38. The number of ether oxygens (including phenoxy) is 3. The first-order valence-corrected chi connectivity index (χ1v) is 10.6. The fourth-order valence-corrected chi connectivity index (χ4v) is 3.42. The van der Waals surface area contributed by atoms with Crippen molar-refractivity contribution in [1.29, 1.82) is 0 Å². The highest BCUT2D eigenvalue weighted by atomic mass is 16.7. The summed E-state index contributed by atoms with van der Waals surface area (Å²) in [5.74, 6) is -1.29. The summed E-state index contributed by atoms with van der Waals surface area (Å²) in [5, 5.41) is 10.2. The molecule has 1 saturated heterocycles. The van der Waals surface area contributed by atoms with Crippen molar-refractivity contribution in [2.24, 2.45) is 0 Å². The number of hydrogen-bond acceptors (Lipinski definition) is 8. The van der Waals surface area contributed by atoms with E-state index in [2.05, 4.69) is 10.5 Å². The van der Waals surface area contributed by atoms with E-state index in [1.54, 1.807) is 0 Å². The smallest absolute Gasteiger partial charge is 0.341 e. The van der Waals surface area contributed by atoms with Gasteiger partial charge in [-0.15, -0.1) is 0 Å². The van der Waals surface area contributed by atoms with Crippen LogP contribution in [0.2, 0.25) is 0 Å². The maximum Gasteiger partial charge on any atom is 0.341 e. The van der Waals surface area contributed by atoms with Gasteiger partial charge in [-0.1, -0.05) is 26.7 Å². The van der Waals surface area contributed by atoms with Crippen LogP contribution in [0, 0.1) is 6.92 Å². The van der Waals surface area contributed by atoms with Gasteiger partial charge in [0.1, 0.15) is 6.10 Å². The fraction of sp³-hybridized carbons (Fsp3) is 0.750. The zero-order valence-corrected chi connectivity index (χ0v) is 18.5. The summed E-state index contributed by atoms with van der Waals surface area (Å²) in [6.07, 6.45) is 1.26. The predicted molar refractivity (Wildman–Crippen MR) is 111 cm³/mol. The molecule has 0 bridgehead atoms. The normalized spacial score (nSPS) is 25.7. The zero-order valence-electron chi connectivity index (χ0n) is 18.5. The molecule has 11 heteroatoms. The first-order valence-electron chi connectivity index (χ1n) is 10.6. The van der Waals surface area contributed by atoms with Gasteiger partial charge in [-0.3, -0.25) is 19.2 Å². The Morgan fingerprint density at radius 1 is 1.29 bits per heavy atom. The van der Waals surface area contributed by atoms with Crippen LogP contribution in [0.1, 0.15) is 51.3 Å². The molecular formula is C20H33N3O8. The molecule has 2 heterocycles. The van der Waals surface area contributed by atoms with Crippen molar-refractivity contribution in [2.75, 3.05) is 26.9 Å². The number of aliphatic carboxylic acids is 1. The van der Waals surface area contributed by atoms with Crippen molar-refractivity contribution in [3.63, 3.8) is 0 Å². The Labute approximate surface area is 180 Å². The molecule has 0 aliphatic carbocycles. The predicted octanol–water partition coefficient (Wildman–Crippen LogP) is 0.719. The molecule has 0 saturated carbocycles. The quantitative estimate of drug-likeness (QED) is 0.297. The van der Waals surface area contributed by atoms with Crippen LogP contribution >= 0.6 is 0 Å². The summed E-state index contributed by atoms with van der Waals surface area (Å²) in [7, 11) is 1.51. The van der Waals surface area contributed by atoms with Crippen molar-refractivity contribution in [2.45, 2.75) is 70.5 Å². The molecule has 2 rings (SSSR count). The van der Waals surface area contributed by atoms with Crippen LogP contribution < -0.4 is 16.7 Å². The number of H-pyrrole nitrogens is 1. The van der Waals surface area contributed by atoms with Gasteiger partial charge in [0.15, 0.2) is 12.3 Å². The van der Waals surface area contributed by atoms with Gasteiger partial charge in [-0.05, 0) is 19.8 Å². The number of aryl methyl sites for hydroxylation is 1. The van der Waals surface area contributed by atoms with Gasteiger partial charge in [0.25, 0.3) is 5.56 Å². The largest absolute Gasteiger partial charge is 0.479 e. The molecule has 176 valence electrons. The van der Waals surface area contributed by atoms with Crippen molar-refractivity contribution in [3.8, 4) is 0 Å². The second-order valence-corrected chi connectivity index (χ2v) is 7.52. The number of aromatic nitrogens is 2. The van der Waals surface area contributed by atoms with Gasteiger partial charge in [-0.25, -0.2) is 15.1 Å². The lowest BCUT2D eigenvalue weighted by Crippen LogP contribution is -2.55. The van der Waals surface area contributed by atoms with E-state index in [9.17, 15) is 19.5 Å². The van der Waals surface area contributed by atoms with E-state index < -0.39 is 41.3 Å². The Morgan fingerprint density at radius 2 is 1.97 bits per heavy atom. The lowest BCUT2D eigenvalue weighted by molar-refractivity contribution is -0.192. The number of nitrogens with zero attached hydrogens (tertiary/aromatic N) is 1. The van der Waals surface area contributed by atoms with E-state index in [-0.39, 0.29) is 18.8 Å². The highest BCUT2D eigenvalue weighted by Gasteiger charge is 2.63. The minimum absolute atomic E-state index is 0.266. The second-order valence-electron chi connectivity index (χ2n) is 7.52. The van der Waals surface area contributed by atoms with Gasteiger partial charge in [0.05, 0.1) is 6.61 Å². The SMILES string of the molecule is CCCCOC[C@@]1(C(=O)O)O[C@@H](n2cc(C)c(=O)[nH]c2=O)[C@@H](ONC)C1OCCCC. The van der Waals surface area contributed by atoms with E-state index in [1.165, 1.54) is 20.2 Å². The molecule has 11 nitrogen and oxygen atoms in total. The van der Waals surface area contributed by atoms with Crippen LogP contribution in [0.25, 0.3) is 0 Å². The molecule has 31 heavy (non-hydrogen) atoms. The maximum atomic E-state index is 12.5. The van der Waals surface area contributed by atoms with E-state index in [0.717, 1.165) is 23.8 Å². The minimum Gasteiger partial charge on any atom is -0.479 e. The van der Waals surface area contributed by atoms with E-state index >= 15 is 0 Å². The summed E-state index contributed by atoms with van der Waals surface area (Å²) in [4.78, 5) is 44.6. The van der Waals surface area contributed by atoms with Crippen LogP contribution in [0.4, 0.5) is 0 Å². The van der Waals surface area contributed by atoms with Gasteiger partial charge < -0.3 is 19.3 Å². The summed E-state index contributed by atoms with van der Waals surface area (Å²) < 4.78 is 18.7. The number of carboxylic acids is 1. The number of aromatic amines is 1. The van der Waals surface area contributed by atoms with Crippen LogP contribution in [-0.4, -0.2) is 65.3 Å². The van der Waals surface area contributed by atoms with E-state index in [0.29, 0.717) is 13.0 Å². The van der Waals surface area contributed by atoms with Crippen molar-refractivity contribution in [1.82, 2.24) is 15.0 Å². The molecule has 1 fully saturated rings. The highest BCUT2D eigenvalue weighted by molar-refractivity contribution is 5.79. The third-order valence-corrected chi connectivity index (χ3v) is 5.16. The Bertz CT molecular complexity index is 838. The van der Waals surface area contributed by atoms with Gasteiger partial charge in [0, 0.05) is 32.0 Å². The minimum atomic E-state index is -1.91. The molecular weight excluding hydrogens is 410 g/mol. The molecule has 0 radical (unpaired) electrons. The molecule has 0 amide bonds. The van der Waals surface area contributed by atoms with Gasteiger partial charge >= 0.3 is 11.7 Å². The molecule has 1 aliphatic rings. The molecule has 0 spiro atoms. The molecule has 1 unspecified atom stereocenters. The lowest BCUT2D eigenvalue weighted by atomic mass is 9.95. The molecule has 3 N–H and O–H groups in total. The fourth-order valence-electron chi connectivity index (χ4n) is 3.42. The molecule has 1 aromatic heterocycles. The number of carboxylic acid groups (broad SMARTS) is 1. The summed E-state index contributed by atoms with van der Waals surface area (Å²) in [5.41, 5.74) is -0.371.